The van der Waals surface area contributed by atoms with Crippen LogP contribution in [0.2, 0.25) is 0 Å². The molecule has 0 aliphatic carbocycles. The van der Waals surface area contributed by atoms with Gasteiger partial charge in [-0.15, -0.1) is 0 Å². The number of rotatable bonds is 24. The van der Waals surface area contributed by atoms with Crippen LogP contribution in [0.5, 0.6) is 0 Å². The number of fused-ring (bicyclic) bond motifs is 1. The van der Waals surface area contributed by atoms with Crippen LogP contribution in [0, 0.1) is 5.41 Å². The monoisotopic (exact) mass is 911 g/mol. The number of hydrogen-bond acceptors (Lipinski definition) is 21. The number of ether oxygens (including phenoxy) is 1. The third-order valence-corrected chi connectivity index (χ3v) is 11.9. The quantitative estimate of drug-likeness (QED) is 0.0379. The molecule has 3 heterocycles. The number of ketones is 1. The summed E-state index contributed by atoms with van der Waals surface area (Å²) in [5, 5.41) is 43.9. The van der Waals surface area contributed by atoms with Crippen LogP contribution >= 0.6 is 35.2 Å². The second kappa shape index (κ2) is 21.1. The maximum absolute atomic E-state index is 12.7. The normalized spacial score (nSPS) is 21.8. The van der Waals surface area contributed by atoms with E-state index < -0.39 is 115 Å². The van der Waals surface area contributed by atoms with Gasteiger partial charge in [0.15, 0.2) is 17.7 Å². The van der Waals surface area contributed by atoms with E-state index in [4.69, 9.17) is 24.6 Å². The van der Waals surface area contributed by atoms with Crippen molar-refractivity contribution in [2.45, 2.75) is 69.9 Å². The molecule has 0 radical (unpaired) electrons. The predicted molar refractivity (Wildman–Crippen MR) is 194 cm³/mol. The highest BCUT2D eigenvalue weighted by Gasteiger charge is 2.50. The first-order chi connectivity index (χ1) is 26.9. The highest BCUT2D eigenvalue weighted by atomic mass is 32.2. The Bertz CT molecular complexity index is 1920. The molecule has 2 amide bonds. The minimum atomic E-state index is -5.60. The van der Waals surface area contributed by atoms with Crippen LogP contribution in [0.1, 0.15) is 39.3 Å². The molecule has 58 heavy (non-hydrogen) atoms. The third kappa shape index (κ3) is 15.0. The molecule has 1 saturated heterocycles. The Morgan fingerprint density at radius 2 is 1.69 bits per heavy atom. The number of nitrogen functional groups attached to an aromatic ring is 1. The van der Waals surface area contributed by atoms with E-state index in [2.05, 4.69) is 34.4 Å². The van der Waals surface area contributed by atoms with Gasteiger partial charge in [0.25, 0.3) is 0 Å². The lowest BCUT2D eigenvalue weighted by Gasteiger charge is -2.30. The maximum atomic E-state index is 12.7. The first-order valence-electron chi connectivity index (χ1n) is 16.7. The van der Waals surface area contributed by atoms with Crippen molar-refractivity contribution in [3.8, 4) is 0 Å². The molecule has 12 N–H and O–H groups in total. The molecular formula is C27H44N7O20P3S. The van der Waals surface area contributed by atoms with Crippen molar-refractivity contribution in [1.29, 1.82) is 0 Å². The van der Waals surface area contributed by atoms with Gasteiger partial charge in [-0.05, 0) is 0 Å². The number of phosphoric ester groups is 3. The zero-order valence-corrected chi connectivity index (χ0v) is 34.1. The number of carbonyl (C=O) groups excluding carboxylic acids is 4. The molecule has 8 atom stereocenters. The molecule has 0 saturated carbocycles. The van der Waals surface area contributed by atoms with Gasteiger partial charge in [-0.1, -0.05) is 25.6 Å². The van der Waals surface area contributed by atoms with E-state index in [1.165, 1.54) is 13.8 Å². The number of carbonyl (C=O) groups is 4. The SMILES string of the molecule is CC(C)(COP(=O)(O)OP(=O)(O)OC[C@H]1O[C@@H](n2cnc3c(N)ncnc32)[C@H](O)[C@@H]1OP(=O)(O)O)C(O)C(=O)NCCC(=O)NCCSC(=O)C(O)CC(=O)CCO. The van der Waals surface area contributed by atoms with E-state index in [1.807, 2.05) is 0 Å². The molecule has 4 unspecified atom stereocenters. The number of aliphatic hydroxyl groups excluding tert-OH is 4. The predicted octanol–water partition coefficient (Wildman–Crippen LogP) is -2.63. The first kappa shape index (κ1) is 49.5. The van der Waals surface area contributed by atoms with Gasteiger partial charge in [-0.25, -0.2) is 28.6 Å². The lowest BCUT2D eigenvalue weighted by atomic mass is 9.87. The highest BCUT2D eigenvalue weighted by molar-refractivity contribution is 8.13. The number of hydrogen-bond donors (Lipinski definition) is 11. The number of nitrogens with one attached hydrogen (secondary N) is 2. The number of phosphoric acid groups is 3. The standard InChI is InChI=1S/C27H44N7O20P3S/c1-27(2,21(40)24(41)30-5-3-17(38)29-6-8-58-26(42)15(37)9-14(36)4-7-35)11-51-57(48,49)54-56(46,47)50-10-16-20(53-55(43,44)45)19(39)25(52-16)34-13-33-18-22(28)31-12-32-23(18)34/h12-13,15-16,19-21,25,35,37,39-40H,3-11H2,1-2H3,(H,29,38)(H,30,41)(H,46,47)(H,48,49)(H2,28,31,32)(H2,43,44,45)/t15?,16-,19-,20-,21?,25-/m1/s1. The number of aromatic nitrogens is 4. The average Bonchev–Trinajstić information content (AvgIpc) is 3.68. The molecule has 2 aromatic heterocycles. The number of nitrogens with zero attached hydrogens (tertiary/aromatic N) is 4. The second-order valence-electron chi connectivity index (χ2n) is 13.0. The van der Waals surface area contributed by atoms with Crippen molar-refractivity contribution in [1.82, 2.24) is 30.2 Å². The van der Waals surface area contributed by atoms with E-state index in [9.17, 15) is 67.8 Å². The molecule has 0 spiro atoms. The number of nitrogens with two attached hydrogens (primary N) is 1. The van der Waals surface area contributed by atoms with Gasteiger partial charge in [0.05, 0.1) is 19.5 Å². The number of imidazole rings is 1. The van der Waals surface area contributed by atoms with Crippen LogP contribution in [0.3, 0.4) is 0 Å². The summed E-state index contributed by atoms with van der Waals surface area (Å²) in [6.45, 7) is -0.373. The Hall–Kier alpha value is -2.85. The fraction of sp³-hybridized carbons (Fsp3) is 0.667. The van der Waals surface area contributed by atoms with E-state index in [0.29, 0.717) is 11.8 Å². The molecule has 328 valence electrons. The summed E-state index contributed by atoms with van der Waals surface area (Å²) in [6, 6.07) is 0. The first-order valence-corrected chi connectivity index (χ1v) is 22.2. The summed E-state index contributed by atoms with van der Waals surface area (Å²) < 4.78 is 62.0. The second-order valence-corrected chi connectivity index (χ2v) is 18.3. The fourth-order valence-electron chi connectivity index (χ4n) is 4.90. The zero-order valence-electron chi connectivity index (χ0n) is 30.6. The largest absolute Gasteiger partial charge is 0.481 e. The Labute approximate surface area is 332 Å². The van der Waals surface area contributed by atoms with Gasteiger partial charge in [0.2, 0.25) is 16.9 Å². The summed E-state index contributed by atoms with van der Waals surface area (Å²) in [6.07, 6.45) is -9.39. The van der Waals surface area contributed by atoms with E-state index in [0.717, 1.165) is 17.2 Å². The van der Waals surface area contributed by atoms with Crippen LogP contribution in [-0.4, -0.2) is 151 Å². The molecule has 0 aromatic carbocycles. The number of thioether (sulfide) groups is 1. The lowest BCUT2D eigenvalue weighted by Crippen LogP contribution is -2.46. The third-order valence-electron chi connectivity index (χ3n) is 7.83. The summed E-state index contributed by atoms with van der Waals surface area (Å²) in [4.78, 5) is 98.8. The summed E-state index contributed by atoms with van der Waals surface area (Å²) in [7, 11) is -16.5. The Kier molecular flexibility index (Phi) is 18.0. The van der Waals surface area contributed by atoms with Crippen LogP contribution < -0.4 is 16.4 Å². The Morgan fingerprint density at radius 3 is 2.34 bits per heavy atom. The maximum Gasteiger partial charge on any atom is 0.481 e. The van der Waals surface area contributed by atoms with Crippen molar-refractivity contribution in [3.05, 3.63) is 12.7 Å². The Morgan fingerprint density at radius 1 is 1.02 bits per heavy atom. The number of aliphatic hydroxyl groups is 4. The van der Waals surface area contributed by atoms with Crippen LogP contribution in [-0.2, 0) is 55.5 Å². The number of anilines is 1. The van der Waals surface area contributed by atoms with Crippen molar-refractivity contribution in [3.63, 3.8) is 0 Å². The van der Waals surface area contributed by atoms with E-state index in [1.54, 1.807) is 0 Å². The fourth-order valence-corrected chi connectivity index (χ4v) is 8.41. The molecular weight excluding hydrogens is 867 g/mol. The van der Waals surface area contributed by atoms with E-state index >= 15 is 0 Å². The molecule has 31 heteroatoms. The van der Waals surface area contributed by atoms with Crippen molar-refractivity contribution >= 4 is 74.9 Å². The topological polar surface area (TPSA) is 421 Å². The highest BCUT2D eigenvalue weighted by Crippen LogP contribution is 2.61. The Balaban J connectivity index is 1.46. The van der Waals surface area contributed by atoms with Gasteiger partial charge < -0.3 is 61.1 Å². The van der Waals surface area contributed by atoms with Crippen molar-refractivity contribution < 1.29 is 95.5 Å². The van der Waals surface area contributed by atoms with Gasteiger partial charge in [0, 0.05) is 50.1 Å². The molecule has 1 aliphatic rings. The number of amides is 2. The zero-order chi connectivity index (χ0) is 43.6. The number of Topliss-reactive ketones (excluding diaryl/α,β-unsaturated/α-hetero) is 1. The van der Waals surface area contributed by atoms with Crippen molar-refractivity contribution in [2.24, 2.45) is 5.41 Å². The molecule has 1 fully saturated rings. The minimum absolute atomic E-state index is 0.0115. The lowest BCUT2D eigenvalue weighted by molar-refractivity contribution is -0.137. The molecule has 1 aliphatic heterocycles. The van der Waals surface area contributed by atoms with E-state index in [-0.39, 0.29) is 48.7 Å². The van der Waals surface area contributed by atoms with Crippen LogP contribution in [0.15, 0.2) is 12.7 Å². The minimum Gasteiger partial charge on any atom is -0.396 e. The van der Waals surface area contributed by atoms with Crippen molar-refractivity contribution in [2.75, 3.05) is 44.4 Å². The molecule has 27 nitrogen and oxygen atoms in total. The molecule has 3 rings (SSSR count). The summed E-state index contributed by atoms with van der Waals surface area (Å²) in [5.41, 5.74) is 4.17. The van der Waals surface area contributed by atoms with Crippen LogP contribution in [0.4, 0.5) is 5.82 Å². The average molecular weight is 912 g/mol. The smallest absolute Gasteiger partial charge is 0.396 e. The summed E-state index contributed by atoms with van der Waals surface area (Å²) in [5.74, 6) is -2.10. The van der Waals surface area contributed by atoms with Gasteiger partial charge in [-0.3, -0.25) is 37.3 Å². The van der Waals surface area contributed by atoms with Crippen LogP contribution in [0.25, 0.3) is 11.2 Å². The van der Waals surface area contributed by atoms with Gasteiger partial charge in [-0.2, -0.15) is 4.31 Å². The van der Waals surface area contributed by atoms with Gasteiger partial charge >= 0.3 is 23.5 Å². The molecule has 0 bridgehead atoms. The van der Waals surface area contributed by atoms with Gasteiger partial charge in [0.1, 0.15) is 48.1 Å². The summed E-state index contributed by atoms with van der Waals surface area (Å²) >= 11 is 0.674. The molecule has 2 aromatic rings.